The van der Waals surface area contributed by atoms with Gasteiger partial charge in [0.15, 0.2) is 6.10 Å². The monoisotopic (exact) mass is 304 g/mol. The van der Waals surface area contributed by atoms with E-state index in [0.717, 1.165) is 11.1 Å². The Kier molecular flexibility index (Phi) is 4.80. The molecule has 2 N–H and O–H groups in total. The van der Waals surface area contributed by atoms with E-state index in [0.29, 0.717) is 18.5 Å². The summed E-state index contributed by atoms with van der Waals surface area (Å²) in [5.74, 6) is -1.15. The Labute approximate surface area is 129 Å². The topological polar surface area (TPSA) is 84.5 Å². The van der Waals surface area contributed by atoms with Crippen LogP contribution in [0.15, 0.2) is 18.2 Å². The van der Waals surface area contributed by atoms with Crippen LogP contribution < -0.4 is 10.6 Å². The van der Waals surface area contributed by atoms with Crippen molar-refractivity contribution in [3.05, 3.63) is 29.3 Å². The molecule has 0 unspecified atom stereocenters. The maximum absolute atomic E-state index is 12.1. The fourth-order valence-corrected chi connectivity index (χ4v) is 2.29. The Morgan fingerprint density at radius 1 is 1.36 bits per heavy atom. The minimum Gasteiger partial charge on any atom is -0.451 e. The Bertz CT molecular complexity index is 612. The van der Waals surface area contributed by atoms with Crippen molar-refractivity contribution < 1.29 is 19.1 Å². The van der Waals surface area contributed by atoms with Crippen LogP contribution in [0.25, 0.3) is 0 Å². The first-order valence-electron chi connectivity index (χ1n) is 7.25. The van der Waals surface area contributed by atoms with Gasteiger partial charge in [-0.3, -0.25) is 9.59 Å². The quantitative estimate of drug-likeness (QED) is 0.825. The fourth-order valence-electron chi connectivity index (χ4n) is 2.29. The minimum atomic E-state index is -0.925. The molecule has 0 radical (unpaired) electrons. The number of anilines is 1. The van der Waals surface area contributed by atoms with Crippen LogP contribution in [0.4, 0.5) is 5.69 Å². The fraction of sp³-hybridized carbons (Fsp3) is 0.438. The van der Waals surface area contributed by atoms with Gasteiger partial charge in [-0.1, -0.05) is 17.7 Å². The second-order valence-electron chi connectivity index (χ2n) is 5.55. The molecular formula is C16H20N2O4. The van der Waals surface area contributed by atoms with Gasteiger partial charge < -0.3 is 15.4 Å². The molecular weight excluding hydrogens is 284 g/mol. The summed E-state index contributed by atoms with van der Waals surface area (Å²) < 4.78 is 5.11. The van der Waals surface area contributed by atoms with Crippen LogP contribution in [-0.2, 0) is 19.1 Å². The number of ether oxygens (including phenoxy) is 1. The molecule has 1 aliphatic heterocycles. The number of amides is 2. The second kappa shape index (κ2) is 6.60. The third kappa shape index (κ3) is 3.84. The number of aryl methyl sites for hydroxylation is 2. The highest BCUT2D eigenvalue weighted by atomic mass is 16.5. The van der Waals surface area contributed by atoms with Crippen molar-refractivity contribution in [1.82, 2.24) is 5.32 Å². The van der Waals surface area contributed by atoms with E-state index in [1.807, 2.05) is 32.0 Å². The lowest BCUT2D eigenvalue weighted by Gasteiger charge is -2.17. The number of carbonyl (C=O) groups is 3. The van der Waals surface area contributed by atoms with Gasteiger partial charge in [0, 0.05) is 12.1 Å². The van der Waals surface area contributed by atoms with Gasteiger partial charge in [-0.05, 0) is 38.8 Å². The summed E-state index contributed by atoms with van der Waals surface area (Å²) in [6.45, 7) is 5.37. The van der Waals surface area contributed by atoms with Gasteiger partial charge in [0.05, 0.1) is 0 Å². The number of esters is 1. The minimum absolute atomic E-state index is 0.172. The third-order valence-corrected chi connectivity index (χ3v) is 3.58. The molecule has 1 saturated heterocycles. The van der Waals surface area contributed by atoms with E-state index in [9.17, 15) is 14.4 Å². The predicted molar refractivity (Wildman–Crippen MR) is 81.3 cm³/mol. The average Bonchev–Trinajstić information content (AvgIpc) is 2.88. The summed E-state index contributed by atoms with van der Waals surface area (Å²) >= 11 is 0. The first kappa shape index (κ1) is 16.0. The van der Waals surface area contributed by atoms with Crippen LogP contribution in [-0.4, -0.2) is 29.9 Å². The molecule has 0 saturated carbocycles. The first-order valence-corrected chi connectivity index (χ1v) is 7.25. The van der Waals surface area contributed by atoms with E-state index in [2.05, 4.69) is 10.6 Å². The van der Waals surface area contributed by atoms with Gasteiger partial charge in [-0.15, -0.1) is 0 Å². The number of nitrogens with one attached hydrogen (secondary N) is 2. The predicted octanol–water partition coefficient (Wildman–Crippen LogP) is 1.45. The molecule has 2 atom stereocenters. The standard InChI is InChI=1S/C16H20N2O4/c1-9-4-5-12(10(2)8-9)18-15(20)11(3)22-16(21)13-6-7-14(19)17-13/h4-5,8,11,13H,6-7H2,1-3H3,(H,17,19)(H,18,20)/t11-,13-/m0/s1. The van der Waals surface area contributed by atoms with E-state index in [1.54, 1.807) is 0 Å². The van der Waals surface area contributed by atoms with Crippen molar-refractivity contribution in [2.24, 2.45) is 0 Å². The number of carbonyl (C=O) groups excluding carboxylic acids is 3. The van der Waals surface area contributed by atoms with Gasteiger partial charge in [0.2, 0.25) is 5.91 Å². The Morgan fingerprint density at radius 3 is 2.68 bits per heavy atom. The highest BCUT2D eigenvalue weighted by molar-refractivity contribution is 5.96. The summed E-state index contributed by atoms with van der Waals surface area (Å²) in [5.41, 5.74) is 2.73. The number of rotatable bonds is 4. The average molecular weight is 304 g/mol. The molecule has 1 heterocycles. The van der Waals surface area contributed by atoms with E-state index in [-0.39, 0.29) is 5.91 Å². The van der Waals surface area contributed by atoms with Crippen molar-refractivity contribution >= 4 is 23.5 Å². The summed E-state index contributed by atoms with van der Waals surface area (Å²) in [4.78, 5) is 35.0. The summed E-state index contributed by atoms with van der Waals surface area (Å²) in [5, 5.41) is 5.26. The van der Waals surface area contributed by atoms with Gasteiger partial charge in [0.1, 0.15) is 6.04 Å². The Balaban J connectivity index is 1.91. The molecule has 0 aliphatic carbocycles. The van der Waals surface area contributed by atoms with Gasteiger partial charge in [-0.2, -0.15) is 0 Å². The molecule has 22 heavy (non-hydrogen) atoms. The molecule has 1 fully saturated rings. The molecule has 2 amide bonds. The van der Waals surface area contributed by atoms with Crippen LogP contribution in [0.3, 0.4) is 0 Å². The molecule has 1 aromatic rings. The summed E-state index contributed by atoms with van der Waals surface area (Å²) in [7, 11) is 0. The van der Waals surface area contributed by atoms with Crippen LogP contribution in [0.1, 0.15) is 30.9 Å². The van der Waals surface area contributed by atoms with E-state index >= 15 is 0 Å². The largest absolute Gasteiger partial charge is 0.451 e. The van der Waals surface area contributed by atoms with Crippen molar-refractivity contribution in [1.29, 1.82) is 0 Å². The van der Waals surface area contributed by atoms with Crippen molar-refractivity contribution in [2.45, 2.75) is 45.8 Å². The van der Waals surface area contributed by atoms with Gasteiger partial charge >= 0.3 is 5.97 Å². The van der Waals surface area contributed by atoms with Crippen molar-refractivity contribution in [3.8, 4) is 0 Å². The Morgan fingerprint density at radius 2 is 2.09 bits per heavy atom. The highest BCUT2D eigenvalue weighted by Crippen LogP contribution is 2.17. The Hall–Kier alpha value is -2.37. The SMILES string of the molecule is Cc1ccc(NC(=O)[C@H](C)OC(=O)[C@@H]2CCC(=O)N2)c(C)c1. The molecule has 1 aromatic carbocycles. The zero-order chi connectivity index (χ0) is 16.3. The van der Waals surface area contributed by atoms with E-state index in [1.165, 1.54) is 6.92 Å². The number of hydrogen-bond donors (Lipinski definition) is 2. The summed E-state index contributed by atoms with van der Waals surface area (Å²) in [6.07, 6.45) is -0.211. The normalized spacial score (nSPS) is 18.5. The van der Waals surface area contributed by atoms with Crippen LogP contribution in [0.5, 0.6) is 0 Å². The van der Waals surface area contributed by atoms with Crippen LogP contribution >= 0.6 is 0 Å². The maximum Gasteiger partial charge on any atom is 0.329 e. The molecule has 118 valence electrons. The number of hydrogen-bond acceptors (Lipinski definition) is 4. The molecule has 6 heteroatoms. The lowest BCUT2D eigenvalue weighted by molar-refractivity contribution is -0.155. The molecule has 0 spiro atoms. The van der Waals surface area contributed by atoms with E-state index < -0.39 is 24.0 Å². The van der Waals surface area contributed by atoms with E-state index in [4.69, 9.17) is 4.74 Å². The zero-order valence-electron chi connectivity index (χ0n) is 12.9. The zero-order valence-corrected chi connectivity index (χ0v) is 12.9. The van der Waals surface area contributed by atoms with Gasteiger partial charge in [-0.25, -0.2) is 4.79 Å². The molecule has 1 aliphatic rings. The third-order valence-electron chi connectivity index (χ3n) is 3.58. The maximum atomic E-state index is 12.1. The summed E-state index contributed by atoms with van der Waals surface area (Å²) in [6, 6.07) is 5.02. The first-order chi connectivity index (χ1) is 10.4. The molecule has 0 bridgehead atoms. The lowest BCUT2D eigenvalue weighted by atomic mass is 10.1. The van der Waals surface area contributed by atoms with Crippen LogP contribution in [0.2, 0.25) is 0 Å². The lowest BCUT2D eigenvalue weighted by Crippen LogP contribution is -2.39. The van der Waals surface area contributed by atoms with Gasteiger partial charge in [0.25, 0.3) is 5.91 Å². The molecule has 6 nitrogen and oxygen atoms in total. The second-order valence-corrected chi connectivity index (χ2v) is 5.55. The van der Waals surface area contributed by atoms with Crippen molar-refractivity contribution in [3.63, 3.8) is 0 Å². The van der Waals surface area contributed by atoms with Crippen molar-refractivity contribution in [2.75, 3.05) is 5.32 Å². The molecule has 2 rings (SSSR count). The highest BCUT2D eigenvalue weighted by Gasteiger charge is 2.30. The smallest absolute Gasteiger partial charge is 0.329 e. The molecule has 0 aromatic heterocycles. The van der Waals surface area contributed by atoms with Crippen LogP contribution in [0, 0.1) is 13.8 Å². The number of benzene rings is 1.